The van der Waals surface area contributed by atoms with Gasteiger partial charge in [0.1, 0.15) is 5.82 Å². The van der Waals surface area contributed by atoms with Gasteiger partial charge in [-0.1, -0.05) is 26.0 Å². The predicted molar refractivity (Wildman–Crippen MR) is 53.0 cm³/mol. The first-order chi connectivity index (χ1) is 6.15. The fraction of sp³-hybridized carbons (Fsp3) is 0.455. The molecule has 0 saturated carbocycles. The summed E-state index contributed by atoms with van der Waals surface area (Å²) in [6.45, 7) is 4.29. The molecule has 0 spiro atoms. The first-order valence-corrected chi connectivity index (χ1v) is 4.58. The molecule has 0 saturated heterocycles. The monoisotopic (exact) mass is 181 g/mol. The summed E-state index contributed by atoms with van der Waals surface area (Å²) in [5, 5.41) is 3.21. The van der Waals surface area contributed by atoms with Crippen LogP contribution in [0.2, 0.25) is 0 Å². The Hall–Kier alpha value is -0.890. The van der Waals surface area contributed by atoms with Crippen molar-refractivity contribution in [2.75, 3.05) is 7.05 Å². The normalized spacial score (nSPS) is 13.3. The number of halogens is 1. The standard InChI is InChI=1S/C11H16FN/c1-8(2)11(13-3)9-4-6-10(12)7-5-9/h4-8,11,13H,1-3H3/t11-/m1/s1. The van der Waals surface area contributed by atoms with Gasteiger partial charge in [0, 0.05) is 6.04 Å². The largest absolute Gasteiger partial charge is 0.313 e. The Morgan fingerprint density at radius 3 is 2.08 bits per heavy atom. The molecule has 0 bridgehead atoms. The molecule has 0 radical (unpaired) electrons. The van der Waals surface area contributed by atoms with E-state index in [0.717, 1.165) is 5.56 Å². The van der Waals surface area contributed by atoms with Crippen molar-refractivity contribution in [1.29, 1.82) is 0 Å². The molecule has 72 valence electrons. The predicted octanol–water partition coefficient (Wildman–Crippen LogP) is 2.74. The lowest BCUT2D eigenvalue weighted by Crippen LogP contribution is -2.21. The average Bonchev–Trinajstić information content (AvgIpc) is 2.09. The van der Waals surface area contributed by atoms with Gasteiger partial charge in [-0.25, -0.2) is 4.39 Å². The van der Waals surface area contributed by atoms with Gasteiger partial charge in [-0.2, -0.15) is 0 Å². The lowest BCUT2D eigenvalue weighted by atomic mass is 9.96. The summed E-state index contributed by atoms with van der Waals surface area (Å²) in [7, 11) is 1.92. The zero-order chi connectivity index (χ0) is 9.84. The van der Waals surface area contributed by atoms with Crippen molar-refractivity contribution in [3.8, 4) is 0 Å². The number of hydrogen-bond acceptors (Lipinski definition) is 1. The molecule has 0 aliphatic rings. The zero-order valence-corrected chi connectivity index (χ0v) is 8.34. The van der Waals surface area contributed by atoms with Crippen LogP contribution in [0.25, 0.3) is 0 Å². The highest BCUT2D eigenvalue weighted by molar-refractivity contribution is 5.20. The molecule has 1 aromatic rings. The Kier molecular flexibility index (Phi) is 3.43. The first kappa shape index (κ1) is 10.2. The van der Waals surface area contributed by atoms with Crippen molar-refractivity contribution in [2.24, 2.45) is 5.92 Å². The van der Waals surface area contributed by atoms with Gasteiger partial charge in [0.15, 0.2) is 0 Å². The van der Waals surface area contributed by atoms with E-state index in [4.69, 9.17) is 0 Å². The molecule has 0 unspecified atom stereocenters. The molecule has 1 rings (SSSR count). The van der Waals surface area contributed by atoms with Crippen LogP contribution in [0.5, 0.6) is 0 Å². The summed E-state index contributed by atoms with van der Waals surface area (Å²) in [6, 6.07) is 6.97. The topological polar surface area (TPSA) is 12.0 Å². The maximum Gasteiger partial charge on any atom is 0.123 e. The summed E-state index contributed by atoms with van der Waals surface area (Å²) in [4.78, 5) is 0. The quantitative estimate of drug-likeness (QED) is 0.756. The fourth-order valence-electron chi connectivity index (χ4n) is 1.56. The minimum atomic E-state index is -0.178. The zero-order valence-electron chi connectivity index (χ0n) is 8.34. The Bertz CT molecular complexity index is 253. The van der Waals surface area contributed by atoms with E-state index in [1.807, 2.05) is 19.2 Å². The molecule has 1 nitrogen and oxygen atoms in total. The van der Waals surface area contributed by atoms with E-state index in [2.05, 4.69) is 19.2 Å². The van der Waals surface area contributed by atoms with Gasteiger partial charge in [-0.3, -0.25) is 0 Å². The highest BCUT2D eigenvalue weighted by Crippen LogP contribution is 2.20. The van der Waals surface area contributed by atoms with Gasteiger partial charge in [-0.05, 0) is 30.7 Å². The summed E-state index contributed by atoms with van der Waals surface area (Å²) in [6.07, 6.45) is 0. The smallest absolute Gasteiger partial charge is 0.123 e. The van der Waals surface area contributed by atoms with E-state index < -0.39 is 0 Å². The van der Waals surface area contributed by atoms with Crippen molar-refractivity contribution < 1.29 is 4.39 Å². The summed E-state index contributed by atoms with van der Waals surface area (Å²) in [5.74, 6) is 0.331. The van der Waals surface area contributed by atoms with Gasteiger partial charge < -0.3 is 5.32 Å². The number of rotatable bonds is 3. The molecule has 0 amide bonds. The highest BCUT2D eigenvalue weighted by Gasteiger charge is 2.12. The van der Waals surface area contributed by atoms with E-state index >= 15 is 0 Å². The Labute approximate surface area is 79.0 Å². The number of nitrogens with one attached hydrogen (secondary N) is 1. The molecule has 0 heterocycles. The second kappa shape index (κ2) is 4.38. The highest BCUT2D eigenvalue weighted by atomic mass is 19.1. The van der Waals surface area contributed by atoms with E-state index in [0.29, 0.717) is 12.0 Å². The summed E-state index contributed by atoms with van der Waals surface area (Å²) in [5.41, 5.74) is 1.14. The maximum absolute atomic E-state index is 12.6. The Morgan fingerprint density at radius 2 is 1.69 bits per heavy atom. The van der Waals surface area contributed by atoms with Crippen LogP contribution in [0.15, 0.2) is 24.3 Å². The second-order valence-corrected chi connectivity index (χ2v) is 3.56. The van der Waals surface area contributed by atoms with E-state index in [1.54, 1.807) is 0 Å². The van der Waals surface area contributed by atoms with Crippen LogP contribution < -0.4 is 5.32 Å². The molecule has 0 aliphatic heterocycles. The summed E-state index contributed by atoms with van der Waals surface area (Å²) >= 11 is 0. The van der Waals surface area contributed by atoms with Crippen LogP contribution >= 0.6 is 0 Å². The lowest BCUT2D eigenvalue weighted by molar-refractivity contribution is 0.442. The van der Waals surface area contributed by atoms with Crippen molar-refractivity contribution >= 4 is 0 Å². The van der Waals surface area contributed by atoms with Crippen molar-refractivity contribution in [1.82, 2.24) is 5.32 Å². The minimum absolute atomic E-state index is 0.178. The third-order valence-corrected chi connectivity index (χ3v) is 2.21. The molecule has 0 fully saturated rings. The van der Waals surface area contributed by atoms with Crippen LogP contribution in [0.3, 0.4) is 0 Å². The SMILES string of the molecule is CN[C@@H](c1ccc(F)cc1)C(C)C. The van der Waals surface area contributed by atoms with Gasteiger partial charge in [0.25, 0.3) is 0 Å². The Balaban J connectivity index is 2.86. The second-order valence-electron chi connectivity index (χ2n) is 3.56. The summed E-state index contributed by atoms with van der Waals surface area (Å²) < 4.78 is 12.6. The van der Waals surface area contributed by atoms with Crippen LogP contribution in [0.4, 0.5) is 4.39 Å². The molecular weight excluding hydrogens is 165 g/mol. The molecule has 13 heavy (non-hydrogen) atoms. The minimum Gasteiger partial charge on any atom is -0.313 e. The molecule has 1 atom stereocenters. The molecular formula is C11H16FN. The van der Waals surface area contributed by atoms with E-state index in [-0.39, 0.29) is 5.82 Å². The number of hydrogen-bond donors (Lipinski definition) is 1. The van der Waals surface area contributed by atoms with Crippen LogP contribution in [0, 0.1) is 11.7 Å². The third-order valence-electron chi connectivity index (χ3n) is 2.21. The van der Waals surface area contributed by atoms with Gasteiger partial charge in [0.2, 0.25) is 0 Å². The van der Waals surface area contributed by atoms with Gasteiger partial charge in [0.05, 0.1) is 0 Å². The van der Waals surface area contributed by atoms with E-state index in [9.17, 15) is 4.39 Å². The first-order valence-electron chi connectivity index (χ1n) is 4.58. The molecule has 2 heteroatoms. The molecule has 1 aromatic carbocycles. The van der Waals surface area contributed by atoms with Gasteiger partial charge >= 0.3 is 0 Å². The van der Waals surface area contributed by atoms with Crippen LogP contribution in [-0.2, 0) is 0 Å². The van der Waals surface area contributed by atoms with Crippen molar-refractivity contribution in [2.45, 2.75) is 19.9 Å². The maximum atomic E-state index is 12.6. The average molecular weight is 181 g/mol. The van der Waals surface area contributed by atoms with E-state index in [1.165, 1.54) is 12.1 Å². The molecule has 0 aromatic heterocycles. The van der Waals surface area contributed by atoms with Gasteiger partial charge in [-0.15, -0.1) is 0 Å². The molecule has 1 N–H and O–H groups in total. The van der Waals surface area contributed by atoms with Crippen molar-refractivity contribution in [3.63, 3.8) is 0 Å². The van der Waals surface area contributed by atoms with Crippen molar-refractivity contribution in [3.05, 3.63) is 35.6 Å². The lowest BCUT2D eigenvalue weighted by Gasteiger charge is -2.20. The van der Waals surface area contributed by atoms with Crippen LogP contribution in [0.1, 0.15) is 25.5 Å². The fourth-order valence-corrected chi connectivity index (χ4v) is 1.56. The number of benzene rings is 1. The third kappa shape index (κ3) is 2.52. The van der Waals surface area contributed by atoms with Crippen LogP contribution in [-0.4, -0.2) is 7.05 Å². The molecule has 0 aliphatic carbocycles. The Morgan fingerprint density at radius 1 is 1.15 bits per heavy atom.